The molecule has 19 heavy (non-hydrogen) atoms. The zero-order valence-corrected chi connectivity index (χ0v) is 11.1. The van der Waals surface area contributed by atoms with Gasteiger partial charge in [0.25, 0.3) is 0 Å². The van der Waals surface area contributed by atoms with Crippen molar-refractivity contribution in [1.82, 2.24) is 9.97 Å². The predicted octanol–water partition coefficient (Wildman–Crippen LogP) is 1.96. The van der Waals surface area contributed by atoms with Crippen LogP contribution in [0.15, 0.2) is 12.4 Å². The van der Waals surface area contributed by atoms with Crippen LogP contribution in [0.2, 0.25) is 0 Å². The molecule has 1 fully saturated rings. The topological polar surface area (TPSA) is 87.1 Å². The highest BCUT2D eigenvalue weighted by atomic mass is 16.4. The van der Waals surface area contributed by atoms with E-state index in [2.05, 4.69) is 27.5 Å². The standard InChI is InChI=1S/C13H20N4O2/c1-2-3-4-14-11-7-12(16-8-15-11)17-10-5-9(6-10)13(18)19/h7-10H,2-6H2,1H3,(H,18,19)(H2,14,15,16,17). The minimum atomic E-state index is -0.706. The van der Waals surface area contributed by atoms with Crippen LogP contribution in [0, 0.1) is 5.92 Å². The average molecular weight is 264 g/mol. The van der Waals surface area contributed by atoms with E-state index in [-0.39, 0.29) is 12.0 Å². The molecular weight excluding hydrogens is 244 g/mol. The number of carboxylic acid groups (broad SMARTS) is 1. The molecule has 104 valence electrons. The van der Waals surface area contributed by atoms with E-state index in [0.717, 1.165) is 31.0 Å². The first-order valence-corrected chi connectivity index (χ1v) is 6.74. The van der Waals surface area contributed by atoms with Crippen LogP contribution in [0.1, 0.15) is 32.6 Å². The van der Waals surface area contributed by atoms with Crippen molar-refractivity contribution < 1.29 is 9.90 Å². The number of aromatic nitrogens is 2. The maximum atomic E-state index is 10.7. The fourth-order valence-electron chi connectivity index (χ4n) is 2.07. The third-order valence-electron chi connectivity index (χ3n) is 3.34. The average Bonchev–Trinajstić information content (AvgIpc) is 2.34. The highest BCUT2D eigenvalue weighted by molar-refractivity contribution is 5.71. The molecule has 3 N–H and O–H groups in total. The number of hydrogen-bond donors (Lipinski definition) is 3. The van der Waals surface area contributed by atoms with Crippen molar-refractivity contribution in [2.24, 2.45) is 5.92 Å². The third-order valence-corrected chi connectivity index (χ3v) is 3.34. The summed E-state index contributed by atoms with van der Waals surface area (Å²) in [7, 11) is 0. The van der Waals surface area contributed by atoms with Crippen molar-refractivity contribution in [2.75, 3.05) is 17.2 Å². The first-order valence-electron chi connectivity index (χ1n) is 6.74. The Hall–Kier alpha value is -1.85. The van der Waals surface area contributed by atoms with E-state index in [9.17, 15) is 4.79 Å². The van der Waals surface area contributed by atoms with E-state index in [1.165, 1.54) is 6.33 Å². The SMILES string of the molecule is CCCCNc1cc(NC2CC(C(=O)O)C2)ncn1. The zero-order chi connectivity index (χ0) is 13.7. The molecule has 0 aromatic carbocycles. The molecule has 6 heteroatoms. The molecule has 0 radical (unpaired) electrons. The second-order valence-corrected chi connectivity index (χ2v) is 4.92. The number of hydrogen-bond acceptors (Lipinski definition) is 5. The maximum absolute atomic E-state index is 10.7. The Morgan fingerprint density at radius 1 is 1.42 bits per heavy atom. The van der Waals surface area contributed by atoms with E-state index in [4.69, 9.17) is 5.11 Å². The van der Waals surface area contributed by atoms with Crippen LogP contribution < -0.4 is 10.6 Å². The van der Waals surface area contributed by atoms with Gasteiger partial charge in [0, 0.05) is 18.7 Å². The molecule has 1 aliphatic carbocycles. The molecule has 1 aromatic rings. The van der Waals surface area contributed by atoms with Gasteiger partial charge in [-0.3, -0.25) is 4.79 Å². The summed E-state index contributed by atoms with van der Waals surface area (Å²) in [5.74, 6) is 0.645. The summed E-state index contributed by atoms with van der Waals surface area (Å²) in [6, 6.07) is 2.07. The molecule has 1 heterocycles. The number of unbranched alkanes of at least 4 members (excludes halogenated alkanes) is 1. The monoisotopic (exact) mass is 264 g/mol. The second kappa shape index (κ2) is 6.36. The number of nitrogens with one attached hydrogen (secondary N) is 2. The first-order chi connectivity index (χ1) is 9.19. The Balaban J connectivity index is 1.81. The summed E-state index contributed by atoms with van der Waals surface area (Å²) in [6.45, 7) is 3.04. The van der Waals surface area contributed by atoms with Crippen LogP contribution in [0.3, 0.4) is 0 Å². The molecule has 0 unspecified atom stereocenters. The Morgan fingerprint density at radius 2 is 2.16 bits per heavy atom. The Kier molecular flexibility index (Phi) is 4.54. The van der Waals surface area contributed by atoms with E-state index < -0.39 is 5.97 Å². The summed E-state index contributed by atoms with van der Waals surface area (Å²) in [6.07, 6.45) is 5.09. The van der Waals surface area contributed by atoms with Crippen molar-refractivity contribution in [1.29, 1.82) is 0 Å². The van der Waals surface area contributed by atoms with Crippen LogP contribution in [0.5, 0.6) is 0 Å². The molecule has 1 saturated carbocycles. The van der Waals surface area contributed by atoms with Crippen LogP contribution in [0.4, 0.5) is 11.6 Å². The largest absolute Gasteiger partial charge is 0.481 e. The number of anilines is 2. The normalized spacial score (nSPS) is 21.5. The van der Waals surface area contributed by atoms with E-state index in [1.807, 2.05) is 6.07 Å². The van der Waals surface area contributed by atoms with Gasteiger partial charge in [-0.1, -0.05) is 13.3 Å². The lowest BCUT2D eigenvalue weighted by Gasteiger charge is -2.33. The maximum Gasteiger partial charge on any atom is 0.306 e. The summed E-state index contributed by atoms with van der Waals surface area (Å²) < 4.78 is 0. The Bertz CT molecular complexity index is 432. The van der Waals surface area contributed by atoms with Gasteiger partial charge in [-0.25, -0.2) is 9.97 Å². The van der Waals surface area contributed by atoms with Crippen LogP contribution >= 0.6 is 0 Å². The quantitative estimate of drug-likeness (QED) is 0.653. The van der Waals surface area contributed by atoms with Crippen molar-refractivity contribution in [3.63, 3.8) is 0 Å². The highest BCUT2D eigenvalue weighted by Crippen LogP contribution is 2.30. The molecule has 0 bridgehead atoms. The van der Waals surface area contributed by atoms with Gasteiger partial charge in [0.05, 0.1) is 5.92 Å². The molecule has 0 spiro atoms. The van der Waals surface area contributed by atoms with Gasteiger partial charge in [-0.15, -0.1) is 0 Å². The molecule has 0 amide bonds. The number of carboxylic acids is 1. The van der Waals surface area contributed by atoms with Gasteiger partial charge >= 0.3 is 5.97 Å². The minimum Gasteiger partial charge on any atom is -0.481 e. The van der Waals surface area contributed by atoms with Gasteiger partial charge in [-0.05, 0) is 19.3 Å². The number of aliphatic carboxylic acids is 1. The minimum absolute atomic E-state index is 0.207. The van der Waals surface area contributed by atoms with Crippen LogP contribution in [-0.4, -0.2) is 33.6 Å². The van der Waals surface area contributed by atoms with E-state index in [1.54, 1.807) is 0 Å². The lowest BCUT2D eigenvalue weighted by molar-refractivity contribution is -0.144. The number of nitrogens with zero attached hydrogens (tertiary/aromatic N) is 2. The van der Waals surface area contributed by atoms with Gasteiger partial charge in [0.2, 0.25) is 0 Å². The fourth-order valence-corrected chi connectivity index (χ4v) is 2.07. The van der Waals surface area contributed by atoms with Gasteiger partial charge in [0.15, 0.2) is 0 Å². The molecule has 1 aliphatic rings. The highest BCUT2D eigenvalue weighted by Gasteiger charge is 2.34. The van der Waals surface area contributed by atoms with Crippen molar-refractivity contribution in [3.05, 3.63) is 12.4 Å². The first kappa shape index (κ1) is 13.6. The van der Waals surface area contributed by atoms with E-state index >= 15 is 0 Å². The van der Waals surface area contributed by atoms with Gasteiger partial charge in [-0.2, -0.15) is 0 Å². The van der Waals surface area contributed by atoms with Gasteiger partial charge in [0.1, 0.15) is 18.0 Å². The van der Waals surface area contributed by atoms with Crippen LogP contribution in [0.25, 0.3) is 0 Å². The lowest BCUT2D eigenvalue weighted by atomic mass is 9.80. The molecule has 0 atom stereocenters. The Labute approximate surface area is 112 Å². The third kappa shape index (κ3) is 3.81. The summed E-state index contributed by atoms with van der Waals surface area (Å²) in [5, 5.41) is 15.3. The fraction of sp³-hybridized carbons (Fsp3) is 0.615. The van der Waals surface area contributed by atoms with Crippen molar-refractivity contribution >= 4 is 17.6 Å². The van der Waals surface area contributed by atoms with E-state index in [0.29, 0.717) is 12.8 Å². The van der Waals surface area contributed by atoms with Crippen molar-refractivity contribution in [3.8, 4) is 0 Å². The molecule has 0 aliphatic heterocycles. The molecular formula is C13H20N4O2. The molecule has 2 rings (SSSR count). The molecule has 0 saturated heterocycles. The van der Waals surface area contributed by atoms with Gasteiger partial charge < -0.3 is 15.7 Å². The van der Waals surface area contributed by atoms with Crippen LogP contribution in [-0.2, 0) is 4.79 Å². The summed E-state index contributed by atoms with van der Waals surface area (Å²) in [4.78, 5) is 19.0. The number of carbonyl (C=O) groups is 1. The molecule has 6 nitrogen and oxygen atoms in total. The Morgan fingerprint density at radius 3 is 2.84 bits per heavy atom. The lowest BCUT2D eigenvalue weighted by Crippen LogP contribution is -2.39. The number of rotatable bonds is 7. The summed E-state index contributed by atoms with van der Waals surface area (Å²) in [5.41, 5.74) is 0. The smallest absolute Gasteiger partial charge is 0.306 e. The predicted molar refractivity (Wildman–Crippen MR) is 73.2 cm³/mol. The second-order valence-electron chi connectivity index (χ2n) is 4.92. The van der Waals surface area contributed by atoms with Crippen molar-refractivity contribution in [2.45, 2.75) is 38.6 Å². The molecule has 1 aromatic heterocycles. The zero-order valence-electron chi connectivity index (χ0n) is 11.1. The summed E-state index contributed by atoms with van der Waals surface area (Å²) >= 11 is 0.